The van der Waals surface area contributed by atoms with Crippen LogP contribution in [-0.2, 0) is 17.7 Å². The Balaban J connectivity index is 1.84. The first kappa shape index (κ1) is 28.9. The van der Waals surface area contributed by atoms with Gasteiger partial charge in [0, 0.05) is 9.77 Å². The van der Waals surface area contributed by atoms with E-state index >= 15 is 0 Å². The van der Waals surface area contributed by atoms with E-state index in [1.165, 1.54) is 6.33 Å². The predicted molar refractivity (Wildman–Crippen MR) is 154 cm³/mol. The minimum atomic E-state index is -2.90. The molecule has 2 aliphatic heterocycles. The van der Waals surface area contributed by atoms with E-state index in [1.807, 2.05) is 10.8 Å². The Kier molecular flexibility index (Phi) is 8.12. The lowest BCUT2D eigenvalue weighted by molar-refractivity contribution is -0.0935. The zero-order valence-electron chi connectivity index (χ0n) is 22.6. The number of hydrogen-bond acceptors (Lipinski definition) is 7. The average Bonchev–Trinajstić information content (AvgIpc) is 3.21. The molecule has 0 aromatic carbocycles. The smallest absolute Gasteiger partial charge is 0.335 e. The molecule has 0 bridgehead atoms. The molecular weight excluding hydrogens is 629 g/mol. The Morgan fingerprint density at radius 1 is 1.06 bits per heavy atom. The van der Waals surface area contributed by atoms with Gasteiger partial charge in [-0.2, -0.15) is 0 Å². The second-order valence-corrected chi connectivity index (χ2v) is 21.9. The second-order valence-electron chi connectivity index (χ2n) is 11.5. The minimum absolute atomic E-state index is 0.152. The summed E-state index contributed by atoms with van der Waals surface area (Å²) in [5.41, 5.74) is 0.00351. The van der Waals surface area contributed by atoms with Crippen LogP contribution in [0.5, 0.6) is 0 Å². The first-order valence-electron chi connectivity index (χ1n) is 12.7. The number of fused-ring (bicyclic) bond motifs is 2. The van der Waals surface area contributed by atoms with E-state index < -0.39 is 41.2 Å². The summed E-state index contributed by atoms with van der Waals surface area (Å²) in [7, 11) is -5.61. The van der Waals surface area contributed by atoms with Crippen LogP contribution in [0.15, 0.2) is 12.5 Å². The fraction of sp³-hybridized carbons (Fsp3) is 0.750. The van der Waals surface area contributed by atoms with Gasteiger partial charge in [-0.1, -0.05) is 67.0 Å². The van der Waals surface area contributed by atoms with E-state index in [0.717, 1.165) is 8.96 Å². The quantitative estimate of drug-likeness (QED) is 0.228. The SMILES string of the molecule is CC(C)[Si]1(C(C)C)OC[C@H]2O[C@@H](n3cc(I)c4c(Cl)ncnc43)[C@@](C)(O)[C@@H]2O[Si](C(C)C)(C(C)C)O1. The van der Waals surface area contributed by atoms with E-state index in [2.05, 4.69) is 87.9 Å². The molecule has 2 aromatic heterocycles. The van der Waals surface area contributed by atoms with Gasteiger partial charge in [0.2, 0.25) is 0 Å². The van der Waals surface area contributed by atoms with Gasteiger partial charge in [0.05, 0.1) is 12.0 Å². The van der Waals surface area contributed by atoms with Gasteiger partial charge >= 0.3 is 17.1 Å². The first-order chi connectivity index (χ1) is 16.7. The Morgan fingerprint density at radius 2 is 1.64 bits per heavy atom. The normalized spacial score (nSPS) is 30.4. The van der Waals surface area contributed by atoms with Crippen molar-refractivity contribution in [2.24, 2.45) is 0 Å². The van der Waals surface area contributed by atoms with Crippen molar-refractivity contribution in [2.75, 3.05) is 6.61 Å². The molecule has 0 unspecified atom stereocenters. The van der Waals surface area contributed by atoms with Crippen LogP contribution in [-0.4, -0.2) is 61.2 Å². The van der Waals surface area contributed by atoms with E-state index in [4.69, 9.17) is 29.3 Å². The third-order valence-electron chi connectivity index (χ3n) is 7.81. The van der Waals surface area contributed by atoms with Crippen LogP contribution in [0.1, 0.15) is 68.5 Å². The average molecular weight is 668 g/mol. The summed E-state index contributed by atoms with van der Waals surface area (Å²) in [5, 5.41) is 13.2. The molecule has 12 heteroatoms. The number of halogens is 2. The molecule has 0 amide bonds. The maximum absolute atomic E-state index is 12.1. The Bertz CT molecular complexity index is 1100. The summed E-state index contributed by atoms with van der Waals surface area (Å²) in [4.78, 5) is 8.60. The molecule has 202 valence electrons. The standard InChI is InChI=1S/C24H39ClIN3O5Si2/c1-13(2)35(14(3)4)31-11-18-20(33-36(34-35,15(5)6)16(7)8)24(9,30)23(32-18)29-10-17(26)19-21(25)27-12-28-22(19)29/h10,12-16,18,20,23,30H,11H2,1-9H3/t18-,20-,23-,24+/m1/s1. The van der Waals surface area contributed by atoms with Crippen molar-refractivity contribution < 1.29 is 22.8 Å². The van der Waals surface area contributed by atoms with Gasteiger partial charge in [-0.05, 0) is 51.7 Å². The van der Waals surface area contributed by atoms with Gasteiger partial charge < -0.3 is 27.4 Å². The molecule has 4 atom stereocenters. The summed E-state index contributed by atoms with van der Waals surface area (Å²) >= 11 is 8.60. The van der Waals surface area contributed by atoms with Crippen LogP contribution in [0.25, 0.3) is 11.0 Å². The monoisotopic (exact) mass is 667 g/mol. The van der Waals surface area contributed by atoms with E-state index in [-0.39, 0.29) is 22.2 Å². The fourth-order valence-electron chi connectivity index (χ4n) is 5.87. The lowest BCUT2D eigenvalue weighted by atomic mass is 9.96. The van der Waals surface area contributed by atoms with Gasteiger partial charge in [-0.15, -0.1) is 0 Å². The van der Waals surface area contributed by atoms with Crippen LogP contribution in [0, 0.1) is 3.57 Å². The molecule has 0 saturated carbocycles. The topological polar surface area (TPSA) is 87.9 Å². The van der Waals surface area contributed by atoms with Crippen LogP contribution >= 0.6 is 34.2 Å². The van der Waals surface area contributed by atoms with Crippen molar-refractivity contribution >= 4 is 62.3 Å². The summed E-state index contributed by atoms with van der Waals surface area (Å²) in [6.45, 7) is 19.5. The largest absolute Gasteiger partial charge is 0.414 e. The maximum atomic E-state index is 12.1. The molecule has 2 fully saturated rings. The highest BCUT2D eigenvalue weighted by Gasteiger charge is 2.64. The van der Waals surface area contributed by atoms with Crippen molar-refractivity contribution in [1.29, 1.82) is 0 Å². The highest BCUT2D eigenvalue weighted by atomic mass is 127. The zero-order chi connectivity index (χ0) is 26.8. The number of ether oxygens (including phenoxy) is 1. The molecule has 4 heterocycles. The molecule has 2 aliphatic rings. The highest BCUT2D eigenvalue weighted by molar-refractivity contribution is 14.1. The molecule has 2 saturated heterocycles. The maximum Gasteiger partial charge on any atom is 0.335 e. The lowest BCUT2D eigenvalue weighted by Crippen LogP contribution is -2.66. The summed E-state index contributed by atoms with van der Waals surface area (Å²) in [6.07, 6.45) is 1.50. The van der Waals surface area contributed by atoms with Gasteiger partial charge in [0.15, 0.2) is 6.23 Å². The molecule has 0 aliphatic carbocycles. The van der Waals surface area contributed by atoms with Crippen LogP contribution in [0.2, 0.25) is 27.3 Å². The molecule has 8 nitrogen and oxygen atoms in total. The third-order valence-corrected chi connectivity index (χ3v) is 19.1. The lowest BCUT2D eigenvalue weighted by Gasteiger charge is -2.52. The Hall–Kier alpha value is -0.126. The fourth-order valence-corrected chi connectivity index (χ4v) is 18.3. The molecule has 0 spiro atoms. The number of aromatic nitrogens is 3. The molecule has 2 aromatic rings. The van der Waals surface area contributed by atoms with Crippen molar-refractivity contribution in [1.82, 2.24) is 14.5 Å². The van der Waals surface area contributed by atoms with Crippen LogP contribution in [0.4, 0.5) is 0 Å². The summed E-state index contributed by atoms with van der Waals surface area (Å²) in [6, 6.07) is 0. The Morgan fingerprint density at radius 3 is 2.19 bits per heavy atom. The van der Waals surface area contributed by atoms with Crippen LogP contribution < -0.4 is 0 Å². The second kappa shape index (κ2) is 10.1. The molecule has 36 heavy (non-hydrogen) atoms. The van der Waals surface area contributed by atoms with E-state index in [1.54, 1.807) is 6.92 Å². The van der Waals surface area contributed by atoms with Crippen molar-refractivity contribution in [3.8, 4) is 0 Å². The highest BCUT2D eigenvalue weighted by Crippen LogP contribution is 2.51. The van der Waals surface area contributed by atoms with Crippen molar-refractivity contribution in [2.45, 2.75) is 109 Å². The summed E-state index contributed by atoms with van der Waals surface area (Å²) in [5.74, 6) is 0. The van der Waals surface area contributed by atoms with Gasteiger partial charge in [0.25, 0.3) is 0 Å². The molecule has 1 N–H and O–H groups in total. The number of rotatable bonds is 5. The number of nitrogens with zero attached hydrogens (tertiary/aromatic N) is 3. The molecule has 4 rings (SSSR count). The number of aliphatic hydroxyl groups is 1. The van der Waals surface area contributed by atoms with Crippen molar-refractivity contribution in [3.05, 3.63) is 21.2 Å². The number of hydrogen-bond donors (Lipinski definition) is 1. The summed E-state index contributed by atoms with van der Waals surface area (Å²) < 4.78 is 30.6. The van der Waals surface area contributed by atoms with E-state index in [0.29, 0.717) is 17.4 Å². The molecule has 0 radical (unpaired) electrons. The first-order valence-corrected chi connectivity index (χ1v) is 18.1. The third kappa shape index (κ3) is 4.43. The Labute approximate surface area is 235 Å². The van der Waals surface area contributed by atoms with Gasteiger partial charge in [0.1, 0.15) is 34.9 Å². The minimum Gasteiger partial charge on any atom is -0.414 e. The zero-order valence-corrected chi connectivity index (χ0v) is 27.5. The van der Waals surface area contributed by atoms with Crippen LogP contribution in [0.3, 0.4) is 0 Å². The van der Waals surface area contributed by atoms with Gasteiger partial charge in [-0.3, -0.25) is 0 Å². The van der Waals surface area contributed by atoms with Crippen molar-refractivity contribution in [3.63, 3.8) is 0 Å². The van der Waals surface area contributed by atoms with E-state index in [9.17, 15) is 5.11 Å². The molecular formula is C24H39ClIN3O5Si2. The van der Waals surface area contributed by atoms with Gasteiger partial charge in [-0.25, -0.2) is 9.97 Å². The predicted octanol–water partition coefficient (Wildman–Crippen LogP) is 6.29.